The van der Waals surface area contributed by atoms with Crippen molar-refractivity contribution in [3.63, 3.8) is 0 Å². The van der Waals surface area contributed by atoms with Crippen LogP contribution in [-0.4, -0.2) is 11.7 Å². The van der Waals surface area contributed by atoms with Gasteiger partial charge in [-0.2, -0.15) is 0 Å². The molecule has 0 amide bonds. The van der Waals surface area contributed by atoms with Crippen LogP contribution in [0.15, 0.2) is 24.3 Å². The van der Waals surface area contributed by atoms with Gasteiger partial charge in [0.2, 0.25) is 0 Å². The molecule has 16 heavy (non-hydrogen) atoms. The molecule has 2 nitrogen and oxygen atoms in total. The van der Waals surface area contributed by atoms with E-state index in [0.717, 1.165) is 17.0 Å². The number of rotatable bonds is 1. The van der Waals surface area contributed by atoms with Crippen molar-refractivity contribution in [2.45, 2.75) is 45.2 Å². The summed E-state index contributed by atoms with van der Waals surface area (Å²) in [7, 11) is 0. The zero-order chi connectivity index (χ0) is 11.8. The highest BCUT2D eigenvalue weighted by molar-refractivity contribution is 6.30. The minimum absolute atomic E-state index is 0.137. The maximum atomic E-state index is 5.90. The number of hydrogen-bond acceptors (Lipinski definition) is 2. The highest BCUT2D eigenvalue weighted by Crippen LogP contribution is 2.35. The predicted octanol–water partition coefficient (Wildman–Crippen LogP) is 3.94. The molecule has 0 spiro atoms. The molecule has 1 heterocycles. The summed E-state index contributed by atoms with van der Waals surface area (Å²) in [4.78, 5) is 0. The first-order valence-electron chi connectivity index (χ1n) is 5.55. The first-order chi connectivity index (χ1) is 7.46. The van der Waals surface area contributed by atoms with Gasteiger partial charge in [0.05, 0.1) is 11.7 Å². The molecule has 0 N–H and O–H groups in total. The third-order valence-electron chi connectivity index (χ3n) is 2.70. The van der Waals surface area contributed by atoms with Gasteiger partial charge in [0.15, 0.2) is 6.29 Å². The SMILES string of the molecule is C[C@H]1CC(C)(C)O[C@@H](c2ccc(Cl)cc2)O1. The fraction of sp³-hybridized carbons (Fsp3) is 0.538. The molecule has 0 aromatic heterocycles. The lowest BCUT2D eigenvalue weighted by Crippen LogP contribution is -2.38. The lowest BCUT2D eigenvalue weighted by Gasteiger charge is -2.39. The van der Waals surface area contributed by atoms with Crippen molar-refractivity contribution >= 4 is 11.6 Å². The largest absolute Gasteiger partial charge is 0.345 e. The molecule has 1 aliphatic heterocycles. The fourth-order valence-corrected chi connectivity index (χ4v) is 2.21. The van der Waals surface area contributed by atoms with E-state index in [4.69, 9.17) is 21.1 Å². The zero-order valence-electron chi connectivity index (χ0n) is 9.87. The normalized spacial score (nSPS) is 29.0. The summed E-state index contributed by atoms with van der Waals surface area (Å²) in [6.45, 7) is 6.26. The Bertz CT molecular complexity index is 359. The van der Waals surface area contributed by atoms with Crippen molar-refractivity contribution in [2.75, 3.05) is 0 Å². The van der Waals surface area contributed by atoms with Gasteiger partial charge in [0, 0.05) is 17.0 Å². The van der Waals surface area contributed by atoms with E-state index in [-0.39, 0.29) is 18.0 Å². The Labute approximate surface area is 102 Å². The summed E-state index contributed by atoms with van der Waals surface area (Å²) in [5.41, 5.74) is 0.881. The van der Waals surface area contributed by atoms with E-state index in [2.05, 4.69) is 20.8 Å². The molecule has 0 radical (unpaired) electrons. The zero-order valence-corrected chi connectivity index (χ0v) is 10.6. The highest BCUT2D eigenvalue weighted by atomic mass is 35.5. The maximum absolute atomic E-state index is 5.90. The molecule has 1 aromatic rings. The van der Waals surface area contributed by atoms with Crippen molar-refractivity contribution < 1.29 is 9.47 Å². The van der Waals surface area contributed by atoms with Gasteiger partial charge >= 0.3 is 0 Å². The Kier molecular flexibility index (Phi) is 3.24. The summed E-state index contributed by atoms with van der Waals surface area (Å²) in [5.74, 6) is 0. The third-order valence-corrected chi connectivity index (χ3v) is 2.96. The van der Waals surface area contributed by atoms with E-state index in [1.54, 1.807) is 0 Å². The standard InChI is InChI=1S/C13H17ClO2/c1-9-8-13(2,3)16-12(15-9)10-4-6-11(14)7-5-10/h4-7,9,12H,8H2,1-3H3/t9-,12-/m0/s1. The quantitative estimate of drug-likeness (QED) is 0.740. The van der Waals surface area contributed by atoms with E-state index in [0.29, 0.717) is 0 Å². The molecule has 2 rings (SSSR count). The van der Waals surface area contributed by atoms with Gasteiger partial charge in [-0.05, 0) is 32.9 Å². The predicted molar refractivity (Wildman–Crippen MR) is 64.5 cm³/mol. The van der Waals surface area contributed by atoms with Gasteiger partial charge in [0.1, 0.15) is 0 Å². The molecular formula is C13H17ClO2. The molecule has 0 bridgehead atoms. The van der Waals surface area contributed by atoms with Crippen LogP contribution in [0.3, 0.4) is 0 Å². The molecule has 1 saturated heterocycles. The molecule has 1 aromatic carbocycles. The second kappa shape index (κ2) is 4.36. The van der Waals surface area contributed by atoms with Crippen LogP contribution in [0.1, 0.15) is 39.0 Å². The van der Waals surface area contributed by atoms with Crippen molar-refractivity contribution in [2.24, 2.45) is 0 Å². The Morgan fingerprint density at radius 1 is 1.25 bits per heavy atom. The maximum Gasteiger partial charge on any atom is 0.184 e. The monoisotopic (exact) mass is 240 g/mol. The van der Waals surface area contributed by atoms with Crippen molar-refractivity contribution in [3.05, 3.63) is 34.9 Å². The minimum Gasteiger partial charge on any atom is -0.345 e. The molecule has 1 fully saturated rings. The summed E-state index contributed by atoms with van der Waals surface area (Å²) < 4.78 is 11.7. The van der Waals surface area contributed by atoms with Crippen LogP contribution in [0.5, 0.6) is 0 Å². The number of ether oxygens (including phenoxy) is 2. The lowest BCUT2D eigenvalue weighted by atomic mass is 9.99. The molecule has 1 aliphatic rings. The van der Waals surface area contributed by atoms with Crippen LogP contribution in [0.4, 0.5) is 0 Å². The molecule has 3 heteroatoms. The molecule has 88 valence electrons. The van der Waals surface area contributed by atoms with Crippen LogP contribution in [0.2, 0.25) is 5.02 Å². The molecule has 2 atom stereocenters. The summed E-state index contributed by atoms with van der Waals surface area (Å²) >= 11 is 5.85. The fourth-order valence-electron chi connectivity index (χ4n) is 2.08. The van der Waals surface area contributed by atoms with Gasteiger partial charge in [0.25, 0.3) is 0 Å². The van der Waals surface area contributed by atoms with Crippen LogP contribution < -0.4 is 0 Å². The smallest absolute Gasteiger partial charge is 0.184 e. The van der Waals surface area contributed by atoms with Gasteiger partial charge in [-0.15, -0.1) is 0 Å². The highest BCUT2D eigenvalue weighted by Gasteiger charge is 2.34. The summed E-state index contributed by atoms with van der Waals surface area (Å²) in [5, 5.41) is 0.729. The minimum atomic E-state index is -0.281. The molecular weight excluding hydrogens is 224 g/mol. The Morgan fingerprint density at radius 2 is 1.88 bits per heavy atom. The van der Waals surface area contributed by atoms with Gasteiger partial charge < -0.3 is 9.47 Å². The Hall–Kier alpha value is -0.570. The van der Waals surface area contributed by atoms with Crippen LogP contribution in [0, 0.1) is 0 Å². The second-order valence-corrected chi connectivity index (χ2v) is 5.35. The average molecular weight is 241 g/mol. The number of benzene rings is 1. The molecule has 0 saturated carbocycles. The summed E-state index contributed by atoms with van der Waals surface area (Å²) in [6.07, 6.45) is 0.845. The molecule has 0 unspecified atom stereocenters. The topological polar surface area (TPSA) is 18.5 Å². The first kappa shape index (κ1) is 11.9. The van der Waals surface area contributed by atoms with E-state index >= 15 is 0 Å². The first-order valence-corrected chi connectivity index (χ1v) is 5.93. The molecule has 0 aliphatic carbocycles. The second-order valence-electron chi connectivity index (χ2n) is 4.91. The van der Waals surface area contributed by atoms with Gasteiger partial charge in [-0.3, -0.25) is 0 Å². The van der Waals surface area contributed by atoms with E-state index in [1.807, 2.05) is 24.3 Å². The number of halogens is 1. The Balaban J connectivity index is 2.17. The number of hydrogen-bond donors (Lipinski definition) is 0. The third kappa shape index (κ3) is 2.76. The van der Waals surface area contributed by atoms with Crippen molar-refractivity contribution in [1.29, 1.82) is 0 Å². The van der Waals surface area contributed by atoms with Gasteiger partial charge in [-0.1, -0.05) is 23.7 Å². The Morgan fingerprint density at radius 3 is 2.44 bits per heavy atom. The van der Waals surface area contributed by atoms with Crippen molar-refractivity contribution in [3.8, 4) is 0 Å². The van der Waals surface area contributed by atoms with Crippen LogP contribution >= 0.6 is 11.6 Å². The summed E-state index contributed by atoms with van der Waals surface area (Å²) in [6, 6.07) is 7.61. The van der Waals surface area contributed by atoms with Gasteiger partial charge in [-0.25, -0.2) is 0 Å². The average Bonchev–Trinajstić information content (AvgIpc) is 2.15. The van der Waals surface area contributed by atoms with Crippen molar-refractivity contribution in [1.82, 2.24) is 0 Å². The lowest BCUT2D eigenvalue weighted by molar-refractivity contribution is -0.273. The van der Waals surface area contributed by atoms with E-state index in [1.165, 1.54) is 0 Å². The van der Waals surface area contributed by atoms with E-state index < -0.39 is 0 Å². The van der Waals surface area contributed by atoms with E-state index in [9.17, 15) is 0 Å². The van der Waals surface area contributed by atoms with Crippen LogP contribution in [-0.2, 0) is 9.47 Å². The van der Waals surface area contributed by atoms with Crippen LogP contribution in [0.25, 0.3) is 0 Å².